The van der Waals surface area contributed by atoms with Crippen LogP contribution in [0, 0.1) is 0 Å². The SMILES string of the molecule is CC(C)(C)OC(=O)COCCOCCOCCc1ccc(OC2CCCCC2)cc1. The van der Waals surface area contributed by atoms with E-state index in [1.165, 1.54) is 37.7 Å². The van der Waals surface area contributed by atoms with Crippen molar-refractivity contribution in [3.63, 3.8) is 0 Å². The van der Waals surface area contributed by atoms with E-state index < -0.39 is 5.60 Å². The van der Waals surface area contributed by atoms with E-state index in [9.17, 15) is 4.79 Å². The molecule has 0 radical (unpaired) electrons. The van der Waals surface area contributed by atoms with Crippen LogP contribution in [0.4, 0.5) is 0 Å². The highest BCUT2D eigenvalue weighted by atomic mass is 16.6. The van der Waals surface area contributed by atoms with Crippen molar-refractivity contribution in [2.75, 3.05) is 39.6 Å². The molecular weight excluding hydrogens is 384 g/mol. The highest BCUT2D eigenvalue weighted by Crippen LogP contribution is 2.23. The molecule has 1 aliphatic carbocycles. The van der Waals surface area contributed by atoms with Crippen molar-refractivity contribution < 1.29 is 28.5 Å². The zero-order valence-corrected chi connectivity index (χ0v) is 18.8. The fourth-order valence-electron chi connectivity index (χ4n) is 3.27. The normalized spacial score (nSPS) is 15.2. The van der Waals surface area contributed by atoms with Crippen molar-refractivity contribution in [1.29, 1.82) is 0 Å². The maximum absolute atomic E-state index is 11.5. The average molecular weight is 423 g/mol. The van der Waals surface area contributed by atoms with Gasteiger partial charge in [-0.1, -0.05) is 18.6 Å². The molecule has 0 bridgehead atoms. The molecule has 0 atom stereocenters. The number of ether oxygens (including phenoxy) is 5. The first-order chi connectivity index (χ1) is 14.4. The van der Waals surface area contributed by atoms with Crippen LogP contribution >= 0.6 is 0 Å². The van der Waals surface area contributed by atoms with Crippen LogP contribution in [0.15, 0.2) is 24.3 Å². The third-order valence-electron chi connectivity index (χ3n) is 4.70. The molecule has 6 nitrogen and oxygen atoms in total. The van der Waals surface area contributed by atoms with Crippen molar-refractivity contribution in [3.05, 3.63) is 29.8 Å². The fourth-order valence-corrected chi connectivity index (χ4v) is 3.27. The summed E-state index contributed by atoms with van der Waals surface area (Å²) in [6.07, 6.45) is 7.50. The zero-order chi connectivity index (χ0) is 21.7. The Balaban J connectivity index is 1.43. The second-order valence-corrected chi connectivity index (χ2v) is 8.64. The van der Waals surface area contributed by atoms with Gasteiger partial charge in [0, 0.05) is 0 Å². The summed E-state index contributed by atoms with van der Waals surface area (Å²) < 4.78 is 27.5. The average Bonchev–Trinajstić information content (AvgIpc) is 2.70. The van der Waals surface area contributed by atoms with Gasteiger partial charge < -0.3 is 23.7 Å². The van der Waals surface area contributed by atoms with Gasteiger partial charge in [0.25, 0.3) is 0 Å². The van der Waals surface area contributed by atoms with Crippen molar-refractivity contribution in [2.45, 2.75) is 71.0 Å². The van der Waals surface area contributed by atoms with Crippen LogP contribution in [0.3, 0.4) is 0 Å². The first-order valence-electron chi connectivity index (χ1n) is 11.1. The molecule has 30 heavy (non-hydrogen) atoms. The number of hydrogen-bond donors (Lipinski definition) is 0. The number of esters is 1. The van der Waals surface area contributed by atoms with Crippen molar-refractivity contribution in [3.8, 4) is 5.75 Å². The second kappa shape index (κ2) is 13.6. The van der Waals surface area contributed by atoms with E-state index in [0.717, 1.165) is 12.2 Å². The minimum atomic E-state index is -0.487. The summed E-state index contributed by atoms with van der Waals surface area (Å²) in [7, 11) is 0. The summed E-state index contributed by atoms with van der Waals surface area (Å²) in [5, 5.41) is 0. The predicted octanol–water partition coefficient (Wildman–Crippen LogP) is 4.33. The topological polar surface area (TPSA) is 63.2 Å². The third kappa shape index (κ3) is 11.5. The predicted molar refractivity (Wildman–Crippen MR) is 116 cm³/mol. The van der Waals surface area contributed by atoms with Gasteiger partial charge in [0.1, 0.15) is 18.0 Å². The lowest BCUT2D eigenvalue weighted by Crippen LogP contribution is -2.27. The summed E-state index contributed by atoms with van der Waals surface area (Å²) in [6, 6.07) is 8.34. The van der Waals surface area contributed by atoms with Gasteiger partial charge in [-0.3, -0.25) is 0 Å². The standard InChI is InChI=1S/C24H38O6/c1-24(2,3)30-23(25)19-28-18-17-27-16-15-26-14-13-20-9-11-22(12-10-20)29-21-7-5-4-6-8-21/h9-12,21H,4-8,13-19H2,1-3H3. The summed E-state index contributed by atoms with van der Waals surface area (Å²) in [4.78, 5) is 11.5. The fraction of sp³-hybridized carbons (Fsp3) is 0.708. The smallest absolute Gasteiger partial charge is 0.332 e. The highest BCUT2D eigenvalue weighted by molar-refractivity contribution is 5.71. The first kappa shape index (κ1) is 24.6. The van der Waals surface area contributed by atoms with Gasteiger partial charge in [-0.2, -0.15) is 0 Å². The summed E-state index contributed by atoms with van der Waals surface area (Å²) in [6.45, 7) is 7.91. The molecule has 0 aromatic heterocycles. The van der Waals surface area contributed by atoms with E-state index >= 15 is 0 Å². The number of rotatable bonds is 13. The minimum absolute atomic E-state index is 0.0540. The molecule has 170 valence electrons. The molecule has 6 heteroatoms. The summed E-state index contributed by atoms with van der Waals surface area (Å²) in [5.74, 6) is 0.605. The molecule has 0 heterocycles. The van der Waals surface area contributed by atoms with E-state index in [0.29, 0.717) is 39.1 Å². The molecule has 1 aromatic rings. The quantitative estimate of drug-likeness (QED) is 0.348. The number of hydrogen-bond acceptors (Lipinski definition) is 6. The molecular formula is C24H38O6. The monoisotopic (exact) mass is 422 g/mol. The Morgan fingerprint density at radius 3 is 2.10 bits per heavy atom. The second-order valence-electron chi connectivity index (χ2n) is 8.64. The summed E-state index contributed by atoms with van der Waals surface area (Å²) in [5.41, 5.74) is 0.751. The minimum Gasteiger partial charge on any atom is -0.490 e. The molecule has 1 aliphatic rings. The maximum Gasteiger partial charge on any atom is 0.332 e. The van der Waals surface area contributed by atoms with E-state index in [1.54, 1.807) is 0 Å². The van der Waals surface area contributed by atoms with Gasteiger partial charge >= 0.3 is 5.97 Å². The van der Waals surface area contributed by atoms with Crippen LogP contribution in [0.1, 0.15) is 58.4 Å². The molecule has 0 saturated heterocycles. The number of benzene rings is 1. The zero-order valence-electron chi connectivity index (χ0n) is 18.8. The maximum atomic E-state index is 11.5. The Morgan fingerprint density at radius 2 is 1.47 bits per heavy atom. The molecule has 2 rings (SSSR count). The molecule has 1 saturated carbocycles. The first-order valence-corrected chi connectivity index (χ1v) is 11.1. The van der Waals surface area contributed by atoms with Gasteiger partial charge in [-0.15, -0.1) is 0 Å². The Kier molecular flexibility index (Phi) is 11.2. The van der Waals surface area contributed by atoms with E-state index in [2.05, 4.69) is 24.3 Å². The van der Waals surface area contributed by atoms with Crippen LogP contribution in [-0.2, 0) is 30.2 Å². The van der Waals surface area contributed by atoms with Crippen molar-refractivity contribution in [1.82, 2.24) is 0 Å². The van der Waals surface area contributed by atoms with Gasteiger partial charge in [0.2, 0.25) is 0 Å². The van der Waals surface area contributed by atoms with Crippen LogP contribution in [-0.4, -0.2) is 57.3 Å². The third-order valence-corrected chi connectivity index (χ3v) is 4.70. The Labute approximate surface area is 181 Å². The molecule has 0 aliphatic heterocycles. The molecule has 0 amide bonds. The van der Waals surface area contributed by atoms with Crippen molar-refractivity contribution >= 4 is 5.97 Å². The lowest BCUT2D eigenvalue weighted by atomic mass is 9.98. The van der Waals surface area contributed by atoms with Gasteiger partial charge in [0.15, 0.2) is 0 Å². The summed E-state index contributed by atoms with van der Waals surface area (Å²) >= 11 is 0. The lowest BCUT2D eigenvalue weighted by molar-refractivity contribution is -0.160. The Bertz CT molecular complexity index is 587. The van der Waals surface area contributed by atoms with E-state index in [4.69, 9.17) is 23.7 Å². The van der Waals surface area contributed by atoms with Crippen molar-refractivity contribution in [2.24, 2.45) is 0 Å². The van der Waals surface area contributed by atoms with E-state index in [-0.39, 0.29) is 12.6 Å². The molecule has 1 aromatic carbocycles. The molecule has 0 spiro atoms. The van der Waals surface area contributed by atoms with Gasteiger partial charge in [-0.05, 0) is 70.6 Å². The Morgan fingerprint density at radius 1 is 0.867 bits per heavy atom. The van der Waals surface area contributed by atoms with E-state index in [1.807, 2.05) is 20.8 Å². The van der Waals surface area contributed by atoms with Crippen LogP contribution in [0.5, 0.6) is 5.75 Å². The Hall–Kier alpha value is -1.63. The largest absolute Gasteiger partial charge is 0.490 e. The van der Waals surface area contributed by atoms with Gasteiger partial charge in [0.05, 0.1) is 39.1 Å². The highest BCUT2D eigenvalue weighted by Gasteiger charge is 2.16. The lowest BCUT2D eigenvalue weighted by Gasteiger charge is -2.23. The number of carbonyl (C=O) groups excluding carboxylic acids is 1. The van der Waals surface area contributed by atoms with Crippen LogP contribution < -0.4 is 4.74 Å². The number of carbonyl (C=O) groups is 1. The van der Waals surface area contributed by atoms with Gasteiger partial charge in [-0.25, -0.2) is 4.79 Å². The molecule has 0 N–H and O–H groups in total. The molecule has 1 fully saturated rings. The van der Waals surface area contributed by atoms with Crippen LogP contribution in [0.25, 0.3) is 0 Å². The molecule has 0 unspecified atom stereocenters. The van der Waals surface area contributed by atoms with Crippen LogP contribution in [0.2, 0.25) is 0 Å².